The second-order valence-corrected chi connectivity index (χ2v) is 1.08. The largest absolute Gasteiger partial charge is 0.374 e. The summed E-state index contributed by atoms with van der Waals surface area (Å²) >= 11 is 0. The van der Waals surface area contributed by atoms with Crippen LogP contribution in [0.25, 0.3) is 4.85 Å². The normalized spacial score (nSPS) is 8.00. The Morgan fingerprint density at radius 3 is 2.86 bits per heavy atom. The first-order chi connectivity index (χ1) is 3.41. The van der Waals surface area contributed by atoms with Crippen LogP contribution < -0.4 is 0 Å². The van der Waals surface area contributed by atoms with Crippen molar-refractivity contribution < 1.29 is 4.74 Å². The molecule has 0 unspecified atom stereocenters. The molecule has 0 bridgehead atoms. The molecule has 0 aliphatic rings. The highest BCUT2D eigenvalue weighted by molar-refractivity contribution is 4.54. The lowest BCUT2D eigenvalue weighted by atomic mass is 10.7. The van der Waals surface area contributed by atoms with Crippen LogP contribution in [0.15, 0.2) is 0 Å². The van der Waals surface area contributed by atoms with E-state index in [0.29, 0.717) is 13.2 Å². The highest BCUT2D eigenvalue weighted by atomic mass is 16.5. The monoisotopic (exact) mass is 99.1 g/mol. The van der Waals surface area contributed by atoms with Gasteiger partial charge in [-0.3, -0.25) is 0 Å². The molecule has 2 heteroatoms. The van der Waals surface area contributed by atoms with Gasteiger partial charge in [0.15, 0.2) is 0 Å². The second kappa shape index (κ2) is 5.45. The number of ether oxygens (including phenoxy) is 1. The molecular weight excluding hydrogens is 90.1 g/mol. The Bertz CT molecular complexity index is 65.0. The lowest BCUT2D eigenvalue weighted by Gasteiger charge is -1.88. The van der Waals surface area contributed by atoms with Gasteiger partial charge in [0.25, 0.3) is 0 Å². The average Bonchev–Trinajstić information content (AvgIpc) is 1.69. The van der Waals surface area contributed by atoms with Gasteiger partial charge in [0.2, 0.25) is 6.54 Å². The summed E-state index contributed by atoms with van der Waals surface area (Å²) in [6.45, 7) is 10.0. The van der Waals surface area contributed by atoms with Crippen LogP contribution in [0.3, 0.4) is 0 Å². The first-order valence-electron chi connectivity index (χ1n) is 2.32. The van der Waals surface area contributed by atoms with Crippen LogP contribution in [0.1, 0.15) is 6.92 Å². The van der Waals surface area contributed by atoms with Gasteiger partial charge in [0.05, 0.1) is 0 Å². The highest BCUT2D eigenvalue weighted by Gasteiger charge is 1.81. The molecule has 0 aliphatic carbocycles. The van der Waals surface area contributed by atoms with E-state index in [1.54, 1.807) is 0 Å². The van der Waals surface area contributed by atoms with Crippen molar-refractivity contribution in [3.63, 3.8) is 0 Å². The molecule has 0 atom stereocenters. The number of rotatable bonds is 3. The van der Waals surface area contributed by atoms with E-state index in [-0.39, 0.29) is 0 Å². The molecule has 0 aliphatic heterocycles. The third-order valence-electron chi connectivity index (χ3n) is 0.552. The Kier molecular flexibility index (Phi) is 5.02. The van der Waals surface area contributed by atoms with Crippen molar-refractivity contribution >= 4 is 0 Å². The van der Waals surface area contributed by atoms with Gasteiger partial charge in [-0.25, -0.2) is 6.57 Å². The van der Waals surface area contributed by atoms with E-state index in [9.17, 15) is 0 Å². The van der Waals surface area contributed by atoms with Crippen molar-refractivity contribution in [1.82, 2.24) is 0 Å². The third kappa shape index (κ3) is 5.45. The predicted octanol–water partition coefficient (Wildman–Crippen LogP) is 0.942. The quantitative estimate of drug-likeness (QED) is 0.379. The summed E-state index contributed by atoms with van der Waals surface area (Å²) in [6, 6.07) is 0. The van der Waals surface area contributed by atoms with Gasteiger partial charge in [-0.1, -0.05) is 0 Å². The summed E-state index contributed by atoms with van der Waals surface area (Å²) in [4.78, 5) is 3.10. The van der Waals surface area contributed by atoms with Crippen LogP contribution in [0.2, 0.25) is 0 Å². The SMILES string of the molecule is [C-]#[N+]CCOCC. The van der Waals surface area contributed by atoms with E-state index in [1.807, 2.05) is 6.92 Å². The first kappa shape index (κ1) is 6.45. The van der Waals surface area contributed by atoms with Gasteiger partial charge >= 0.3 is 0 Å². The van der Waals surface area contributed by atoms with Gasteiger partial charge in [-0.15, -0.1) is 0 Å². The summed E-state index contributed by atoms with van der Waals surface area (Å²) in [6.07, 6.45) is 0. The minimum atomic E-state index is 0.494. The van der Waals surface area contributed by atoms with Crippen molar-refractivity contribution in [1.29, 1.82) is 0 Å². The fraction of sp³-hybridized carbons (Fsp3) is 0.800. The Labute approximate surface area is 43.9 Å². The Morgan fingerprint density at radius 1 is 1.71 bits per heavy atom. The van der Waals surface area contributed by atoms with Crippen LogP contribution >= 0.6 is 0 Å². The summed E-state index contributed by atoms with van der Waals surface area (Å²) < 4.78 is 4.86. The molecule has 0 aromatic rings. The van der Waals surface area contributed by atoms with Crippen LogP contribution in [0.5, 0.6) is 0 Å². The van der Waals surface area contributed by atoms with Crippen molar-refractivity contribution in [2.45, 2.75) is 6.92 Å². The zero-order chi connectivity index (χ0) is 5.54. The summed E-state index contributed by atoms with van der Waals surface area (Å²) in [7, 11) is 0. The number of nitrogens with zero attached hydrogens (tertiary/aromatic N) is 1. The molecular formula is C5H9NO. The first-order valence-corrected chi connectivity index (χ1v) is 2.32. The number of hydrogen-bond donors (Lipinski definition) is 0. The van der Waals surface area contributed by atoms with E-state index < -0.39 is 0 Å². The molecule has 0 saturated carbocycles. The van der Waals surface area contributed by atoms with Crippen molar-refractivity contribution in [3.05, 3.63) is 11.4 Å². The topological polar surface area (TPSA) is 13.6 Å². The smallest absolute Gasteiger partial charge is 0.237 e. The molecule has 0 rings (SSSR count). The summed E-state index contributed by atoms with van der Waals surface area (Å²) in [5.74, 6) is 0. The summed E-state index contributed by atoms with van der Waals surface area (Å²) in [5.41, 5.74) is 0. The zero-order valence-electron chi connectivity index (χ0n) is 4.48. The maximum Gasteiger partial charge on any atom is 0.237 e. The van der Waals surface area contributed by atoms with Crippen molar-refractivity contribution in [2.75, 3.05) is 19.8 Å². The Morgan fingerprint density at radius 2 is 2.43 bits per heavy atom. The van der Waals surface area contributed by atoms with E-state index in [4.69, 9.17) is 11.3 Å². The standard InChI is InChI=1S/C5H9NO/c1-3-7-5-4-6-2/h3-5H2,1H3. The summed E-state index contributed by atoms with van der Waals surface area (Å²) in [5, 5.41) is 0. The molecule has 40 valence electrons. The molecule has 0 spiro atoms. The second-order valence-electron chi connectivity index (χ2n) is 1.08. The average molecular weight is 99.1 g/mol. The van der Waals surface area contributed by atoms with Crippen LogP contribution in [-0.2, 0) is 4.74 Å². The molecule has 0 aromatic carbocycles. The van der Waals surface area contributed by atoms with Gasteiger partial charge in [0, 0.05) is 6.61 Å². The molecule has 0 aromatic heterocycles. The fourth-order valence-electron chi connectivity index (χ4n) is 0.255. The fourth-order valence-corrected chi connectivity index (χ4v) is 0.255. The molecule has 0 saturated heterocycles. The lowest BCUT2D eigenvalue weighted by Crippen LogP contribution is -1.94. The Balaban J connectivity index is 2.60. The van der Waals surface area contributed by atoms with Crippen LogP contribution in [-0.4, -0.2) is 19.8 Å². The van der Waals surface area contributed by atoms with Crippen molar-refractivity contribution in [2.24, 2.45) is 0 Å². The molecule has 7 heavy (non-hydrogen) atoms. The number of hydrogen-bond acceptors (Lipinski definition) is 1. The maximum atomic E-state index is 6.33. The minimum absolute atomic E-state index is 0.494. The minimum Gasteiger partial charge on any atom is -0.374 e. The molecule has 0 amide bonds. The van der Waals surface area contributed by atoms with E-state index in [2.05, 4.69) is 4.85 Å². The van der Waals surface area contributed by atoms with Crippen molar-refractivity contribution in [3.8, 4) is 0 Å². The van der Waals surface area contributed by atoms with E-state index >= 15 is 0 Å². The Hall–Kier alpha value is -0.550. The van der Waals surface area contributed by atoms with E-state index in [1.165, 1.54) is 0 Å². The molecule has 2 nitrogen and oxygen atoms in total. The lowest BCUT2D eigenvalue weighted by molar-refractivity contribution is 0.160. The predicted molar refractivity (Wildman–Crippen MR) is 28.0 cm³/mol. The highest BCUT2D eigenvalue weighted by Crippen LogP contribution is 1.72. The van der Waals surface area contributed by atoms with Crippen LogP contribution in [0.4, 0.5) is 0 Å². The van der Waals surface area contributed by atoms with Gasteiger partial charge in [-0.05, 0) is 6.92 Å². The molecule has 0 N–H and O–H groups in total. The van der Waals surface area contributed by atoms with E-state index in [0.717, 1.165) is 6.61 Å². The maximum absolute atomic E-state index is 6.33. The molecule has 0 heterocycles. The molecule has 0 radical (unpaired) electrons. The van der Waals surface area contributed by atoms with Gasteiger partial charge in [0.1, 0.15) is 6.61 Å². The van der Waals surface area contributed by atoms with Gasteiger partial charge < -0.3 is 9.58 Å². The zero-order valence-corrected chi connectivity index (χ0v) is 4.48. The van der Waals surface area contributed by atoms with Crippen LogP contribution in [0, 0.1) is 6.57 Å². The molecule has 0 fully saturated rings. The van der Waals surface area contributed by atoms with Gasteiger partial charge in [-0.2, -0.15) is 0 Å². The third-order valence-corrected chi connectivity index (χ3v) is 0.552.